The number of rotatable bonds is 3. The van der Waals surface area contributed by atoms with E-state index >= 15 is 0 Å². The van der Waals surface area contributed by atoms with E-state index in [-0.39, 0.29) is 5.78 Å². The number of ketones is 1. The molecular weight excluding hydrogens is 316 g/mol. The predicted octanol–water partition coefficient (Wildman–Crippen LogP) is 3.82. The summed E-state index contributed by atoms with van der Waals surface area (Å²) >= 11 is 3.45. The molecule has 0 aliphatic heterocycles. The fraction of sp³-hybridized carbons (Fsp3) is 0.0625. The molecule has 0 amide bonds. The molecule has 4 heteroatoms. The van der Waals surface area contributed by atoms with E-state index in [2.05, 4.69) is 25.9 Å². The largest absolute Gasteiger partial charge is 0.292 e. The number of halogens is 1. The molecular formula is C16H11BrN2O. The number of fused-ring (bicyclic) bond motifs is 1. The van der Waals surface area contributed by atoms with Gasteiger partial charge in [-0.25, -0.2) is 0 Å². The number of carbonyl (C=O) groups is 1. The SMILES string of the molecule is O=C(Cc1ccnc2ccc(Br)cc12)c1ccccn1. The Morgan fingerprint density at radius 1 is 1.05 bits per heavy atom. The molecule has 3 nitrogen and oxygen atoms in total. The van der Waals surface area contributed by atoms with Gasteiger partial charge in [0.15, 0.2) is 5.78 Å². The number of hydrogen-bond acceptors (Lipinski definition) is 3. The van der Waals surface area contributed by atoms with E-state index < -0.39 is 0 Å². The van der Waals surface area contributed by atoms with Gasteiger partial charge in [-0.05, 0) is 42.0 Å². The number of nitrogens with zero attached hydrogens (tertiary/aromatic N) is 2. The Balaban J connectivity index is 1.99. The van der Waals surface area contributed by atoms with Crippen molar-refractivity contribution in [2.45, 2.75) is 6.42 Å². The van der Waals surface area contributed by atoms with Crippen LogP contribution in [0.15, 0.2) is 59.3 Å². The zero-order valence-corrected chi connectivity index (χ0v) is 12.2. The first kappa shape index (κ1) is 12.9. The maximum atomic E-state index is 12.2. The van der Waals surface area contributed by atoms with E-state index in [0.717, 1.165) is 20.9 Å². The lowest BCUT2D eigenvalue weighted by Gasteiger charge is -2.06. The summed E-state index contributed by atoms with van der Waals surface area (Å²) in [4.78, 5) is 20.7. The van der Waals surface area contributed by atoms with Crippen LogP contribution in [-0.2, 0) is 6.42 Å². The van der Waals surface area contributed by atoms with Crippen molar-refractivity contribution in [2.24, 2.45) is 0 Å². The fourth-order valence-corrected chi connectivity index (χ4v) is 2.48. The lowest BCUT2D eigenvalue weighted by Crippen LogP contribution is -2.06. The molecule has 0 saturated heterocycles. The van der Waals surface area contributed by atoms with Crippen LogP contribution in [0.3, 0.4) is 0 Å². The van der Waals surface area contributed by atoms with Crippen LogP contribution in [0.1, 0.15) is 16.1 Å². The van der Waals surface area contributed by atoms with Crippen LogP contribution in [0, 0.1) is 0 Å². The molecule has 2 heterocycles. The highest BCUT2D eigenvalue weighted by Gasteiger charge is 2.10. The average Bonchev–Trinajstić information content (AvgIpc) is 2.49. The third kappa shape index (κ3) is 2.60. The van der Waals surface area contributed by atoms with Crippen LogP contribution < -0.4 is 0 Å². The standard InChI is InChI=1S/C16H11BrN2O/c17-12-4-5-14-13(10-12)11(6-8-19-14)9-16(20)15-3-1-2-7-18-15/h1-8,10H,9H2. The first-order chi connectivity index (χ1) is 9.74. The van der Waals surface area contributed by atoms with Gasteiger partial charge in [-0.15, -0.1) is 0 Å². The Labute approximate surface area is 124 Å². The van der Waals surface area contributed by atoms with Gasteiger partial charge in [-0.2, -0.15) is 0 Å². The molecule has 0 aliphatic rings. The molecule has 0 aliphatic carbocycles. The number of carbonyl (C=O) groups excluding carboxylic acids is 1. The normalized spacial score (nSPS) is 10.7. The smallest absolute Gasteiger partial charge is 0.185 e. The number of hydrogen-bond donors (Lipinski definition) is 0. The van der Waals surface area contributed by atoms with Crippen LogP contribution in [0.2, 0.25) is 0 Å². The third-order valence-corrected chi connectivity index (χ3v) is 3.59. The highest BCUT2D eigenvalue weighted by Crippen LogP contribution is 2.22. The minimum Gasteiger partial charge on any atom is -0.292 e. The molecule has 1 aromatic carbocycles. The number of aromatic nitrogens is 2. The van der Waals surface area contributed by atoms with Crippen molar-refractivity contribution in [1.29, 1.82) is 0 Å². The van der Waals surface area contributed by atoms with E-state index in [4.69, 9.17) is 0 Å². The fourth-order valence-electron chi connectivity index (χ4n) is 2.12. The van der Waals surface area contributed by atoms with Crippen molar-refractivity contribution in [3.8, 4) is 0 Å². The molecule has 0 bridgehead atoms. The minimum atomic E-state index is 0.0121. The molecule has 0 saturated carbocycles. The summed E-state index contributed by atoms with van der Waals surface area (Å²) in [5, 5.41) is 0.992. The van der Waals surface area contributed by atoms with Gasteiger partial charge in [0.05, 0.1) is 5.52 Å². The number of pyridine rings is 2. The molecule has 20 heavy (non-hydrogen) atoms. The Hall–Kier alpha value is -2.07. The van der Waals surface area contributed by atoms with E-state index in [0.29, 0.717) is 12.1 Å². The molecule has 0 radical (unpaired) electrons. The Kier molecular flexibility index (Phi) is 3.56. The predicted molar refractivity (Wildman–Crippen MR) is 81.7 cm³/mol. The van der Waals surface area contributed by atoms with E-state index in [1.807, 2.05) is 30.3 Å². The van der Waals surface area contributed by atoms with Crippen molar-refractivity contribution in [1.82, 2.24) is 9.97 Å². The lowest BCUT2D eigenvalue weighted by molar-refractivity contribution is 0.0988. The maximum Gasteiger partial charge on any atom is 0.185 e. The first-order valence-corrected chi connectivity index (χ1v) is 7.01. The molecule has 0 spiro atoms. The Bertz CT molecular complexity index is 772. The Morgan fingerprint density at radius 2 is 1.95 bits per heavy atom. The van der Waals surface area contributed by atoms with Crippen LogP contribution in [0.4, 0.5) is 0 Å². The van der Waals surface area contributed by atoms with E-state index in [1.165, 1.54) is 0 Å². The van der Waals surface area contributed by atoms with Crippen molar-refractivity contribution < 1.29 is 4.79 Å². The minimum absolute atomic E-state index is 0.0121. The molecule has 0 fully saturated rings. The highest BCUT2D eigenvalue weighted by molar-refractivity contribution is 9.10. The van der Waals surface area contributed by atoms with Crippen molar-refractivity contribution in [3.63, 3.8) is 0 Å². The van der Waals surface area contributed by atoms with Gasteiger partial charge in [0.1, 0.15) is 5.69 Å². The summed E-state index contributed by atoms with van der Waals surface area (Å²) in [6.45, 7) is 0. The number of benzene rings is 1. The summed E-state index contributed by atoms with van der Waals surface area (Å²) in [6.07, 6.45) is 3.69. The number of Topliss-reactive ketones (excluding diaryl/α,β-unsaturated/α-hetero) is 1. The molecule has 2 aromatic heterocycles. The van der Waals surface area contributed by atoms with Gasteiger partial charge in [0.2, 0.25) is 0 Å². The Morgan fingerprint density at radius 3 is 2.75 bits per heavy atom. The van der Waals surface area contributed by atoms with Crippen LogP contribution in [-0.4, -0.2) is 15.8 Å². The van der Waals surface area contributed by atoms with Crippen LogP contribution in [0.5, 0.6) is 0 Å². The highest BCUT2D eigenvalue weighted by atomic mass is 79.9. The van der Waals surface area contributed by atoms with Crippen molar-refractivity contribution in [3.05, 3.63) is 70.6 Å². The van der Waals surface area contributed by atoms with Gasteiger partial charge in [0.25, 0.3) is 0 Å². The van der Waals surface area contributed by atoms with Crippen LogP contribution >= 0.6 is 15.9 Å². The second kappa shape index (κ2) is 5.51. The molecule has 3 rings (SSSR count). The van der Waals surface area contributed by atoms with Crippen LogP contribution in [0.25, 0.3) is 10.9 Å². The van der Waals surface area contributed by atoms with Gasteiger partial charge in [0, 0.05) is 28.7 Å². The van der Waals surface area contributed by atoms with Crippen molar-refractivity contribution in [2.75, 3.05) is 0 Å². The molecule has 0 unspecified atom stereocenters. The van der Waals surface area contributed by atoms with Gasteiger partial charge >= 0.3 is 0 Å². The lowest BCUT2D eigenvalue weighted by atomic mass is 10.0. The van der Waals surface area contributed by atoms with E-state index in [1.54, 1.807) is 24.5 Å². The second-order valence-electron chi connectivity index (χ2n) is 4.45. The molecule has 0 atom stereocenters. The van der Waals surface area contributed by atoms with Gasteiger partial charge in [-0.1, -0.05) is 22.0 Å². The monoisotopic (exact) mass is 326 g/mol. The summed E-state index contributed by atoms with van der Waals surface area (Å²) in [7, 11) is 0. The molecule has 0 N–H and O–H groups in total. The topological polar surface area (TPSA) is 42.9 Å². The quantitative estimate of drug-likeness (QED) is 0.687. The molecule has 98 valence electrons. The summed E-state index contributed by atoms with van der Waals surface area (Å²) in [6, 6.07) is 13.1. The average molecular weight is 327 g/mol. The molecule has 3 aromatic rings. The van der Waals surface area contributed by atoms with Gasteiger partial charge in [-0.3, -0.25) is 14.8 Å². The van der Waals surface area contributed by atoms with Gasteiger partial charge < -0.3 is 0 Å². The maximum absolute atomic E-state index is 12.2. The summed E-state index contributed by atoms with van der Waals surface area (Å²) in [5.74, 6) is 0.0121. The second-order valence-corrected chi connectivity index (χ2v) is 5.36. The summed E-state index contributed by atoms with van der Waals surface area (Å²) in [5.41, 5.74) is 2.35. The summed E-state index contributed by atoms with van der Waals surface area (Å²) < 4.78 is 0.976. The zero-order valence-electron chi connectivity index (χ0n) is 10.6. The van der Waals surface area contributed by atoms with E-state index in [9.17, 15) is 4.79 Å². The first-order valence-electron chi connectivity index (χ1n) is 6.21. The van der Waals surface area contributed by atoms with Crippen molar-refractivity contribution >= 4 is 32.6 Å². The zero-order chi connectivity index (χ0) is 13.9. The third-order valence-electron chi connectivity index (χ3n) is 3.10.